The van der Waals surface area contributed by atoms with Crippen molar-refractivity contribution in [1.29, 1.82) is 0 Å². The molecule has 0 aliphatic carbocycles. The lowest BCUT2D eigenvalue weighted by Crippen LogP contribution is -2.44. The number of carbonyl (C=O) groups is 1. The van der Waals surface area contributed by atoms with Gasteiger partial charge in [0.1, 0.15) is 0 Å². The van der Waals surface area contributed by atoms with Gasteiger partial charge in [0, 0.05) is 35.4 Å². The highest BCUT2D eigenvalue weighted by Gasteiger charge is 2.36. The van der Waals surface area contributed by atoms with Crippen LogP contribution in [0.2, 0.25) is 0 Å². The summed E-state index contributed by atoms with van der Waals surface area (Å²) in [5, 5.41) is 6.01. The molecular formula is C20H21NO4S. The molecule has 1 saturated heterocycles. The second kappa shape index (κ2) is 7.13. The van der Waals surface area contributed by atoms with Crippen molar-refractivity contribution in [2.75, 3.05) is 26.9 Å². The van der Waals surface area contributed by atoms with Crippen LogP contribution in [0.5, 0.6) is 5.75 Å². The number of carbonyl (C=O) groups excluding carboxylic acids is 1. The van der Waals surface area contributed by atoms with Crippen LogP contribution in [0.3, 0.4) is 0 Å². The number of nitrogens with one attached hydrogen (secondary N) is 1. The third-order valence-corrected chi connectivity index (χ3v) is 6.15. The molecule has 1 aliphatic heterocycles. The van der Waals surface area contributed by atoms with E-state index in [9.17, 15) is 4.79 Å². The number of methoxy groups -OCH3 is 1. The Morgan fingerprint density at radius 1 is 1.27 bits per heavy atom. The predicted octanol–water partition coefficient (Wildman–Crippen LogP) is 3.98. The molecule has 26 heavy (non-hydrogen) atoms. The van der Waals surface area contributed by atoms with Crippen LogP contribution < -0.4 is 10.1 Å². The Hall–Kier alpha value is -2.31. The molecule has 4 rings (SSSR count). The molecule has 3 aromatic rings. The zero-order chi connectivity index (χ0) is 18.0. The number of hydrogen-bond donors (Lipinski definition) is 1. The van der Waals surface area contributed by atoms with E-state index >= 15 is 0 Å². The Labute approximate surface area is 155 Å². The maximum absolute atomic E-state index is 12.7. The van der Waals surface area contributed by atoms with E-state index in [2.05, 4.69) is 22.8 Å². The van der Waals surface area contributed by atoms with Gasteiger partial charge < -0.3 is 19.2 Å². The molecule has 5 nitrogen and oxygen atoms in total. The van der Waals surface area contributed by atoms with Crippen molar-refractivity contribution in [2.45, 2.75) is 18.3 Å². The van der Waals surface area contributed by atoms with Crippen LogP contribution in [0.1, 0.15) is 28.3 Å². The van der Waals surface area contributed by atoms with Gasteiger partial charge in [0.05, 0.1) is 7.11 Å². The van der Waals surface area contributed by atoms with E-state index in [1.807, 2.05) is 18.2 Å². The number of benzene rings is 1. The molecule has 6 heteroatoms. The maximum atomic E-state index is 12.7. The standard InChI is InChI=1S/C20H21NO4S/c1-23-15-5-2-4-14-12-16(25-18(14)15)19(22)21-13-20(7-9-24-10-8-20)17-6-3-11-26-17/h2-6,11-12H,7-10,13H2,1H3,(H,21,22). The number of para-hydroxylation sites is 1. The maximum Gasteiger partial charge on any atom is 0.287 e. The summed E-state index contributed by atoms with van der Waals surface area (Å²) in [7, 11) is 1.59. The molecule has 0 bridgehead atoms. The molecule has 0 unspecified atom stereocenters. The van der Waals surface area contributed by atoms with E-state index in [0.29, 0.717) is 23.6 Å². The van der Waals surface area contributed by atoms with Gasteiger partial charge in [-0.2, -0.15) is 0 Å². The van der Waals surface area contributed by atoms with E-state index < -0.39 is 0 Å². The lowest BCUT2D eigenvalue weighted by atomic mass is 9.78. The Morgan fingerprint density at radius 2 is 2.12 bits per heavy atom. The second-order valence-electron chi connectivity index (χ2n) is 6.54. The van der Waals surface area contributed by atoms with E-state index in [0.717, 1.165) is 31.4 Å². The van der Waals surface area contributed by atoms with Gasteiger partial charge in [-0.1, -0.05) is 18.2 Å². The van der Waals surface area contributed by atoms with Crippen molar-refractivity contribution in [3.05, 3.63) is 52.4 Å². The van der Waals surface area contributed by atoms with E-state index in [4.69, 9.17) is 13.9 Å². The fourth-order valence-electron chi connectivity index (χ4n) is 3.50. The SMILES string of the molecule is COc1cccc2cc(C(=O)NCC3(c4cccs4)CCOCC3)oc12. The highest BCUT2D eigenvalue weighted by molar-refractivity contribution is 7.10. The first-order chi connectivity index (χ1) is 12.7. The van der Waals surface area contributed by atoms with Crippen LogP contribution in [-0.2, 0) is 10.2 Å². The Balaban J connectivity index is 1.54. The third kappa shape index (κ3) is 3.10. The van der Waals surface area contributed by atoms with Crippen LogP contribution in [0.15, 0.2) is 46.2 Å². The normalized spacial score (nSPS) is 16.5. The van der Waals surface area contributed by atoms with Crippen LogP contribution in [0, 0.1) is 0 Å². The summed E-state index contributed by atoms with van der Waals surface area (Å²) in [5.41, 5.74) is 0.533. The summed E-state index contributed by atoms with van der Waals surface area (Å²) >= 11 is 1.74. The van der Waals surface area contributed by atoms with Gasteiger partial charge in [-0.25, -0.2) is 0 Å². The molecule has 1 fully saturated rings. The number of thiophene rings is 1. The topological polar surface area (TPSA) is 60.7 Å². The molecule has 1 aromatic carbocycles. The Morgan fingerprint density at radius 3 is 2.85 bits per heavy atom. The van der Waals surface area contributed by atoms with Crippen LogP contribution in [0.25, 0.3) is 11.0 Å². The zero-order valence-corrected chi connectivity index (χ0v) is 15.4. The van der Waals surface area contributed by atoms with E-state index in [-0.39, 0.29) is 11.3 Å². The number of furan rings is 1. The van der Waals surface area contributed by atoms with Gasteiger partial charge in [-0.15, -0.1) is 11.3 Å². The van der Waals surface area contributed by atoms with Crippen LogP contribution >= 0.6 is 11.3 Å². The molecular weight excluding hydrogens is 350 g/mol. The van der Waals surface area contributed by atoms with Crippen molar-refractivity contribution in [3.63, 3.8) is 0 Å². The van der Waals surface area contributed by atoms with Crippen molar-refractivity contribution < 1.29 is 18.7 Å². The number of rotatable bonds is 5. The fraction of sp³-hybridized carbons (Fsp3) is 0.350. The second-order valence-corrected chi connectivity index (χ2v) is 7.49. The minimum Gasteiger partial charge on any atom is -0.493 e. The smallest absolute Gasteiger partial charge is 0.287 e. The van der Waals surface area contributed by atoms with Gasteiger partial charge in [0.15, 0.2) is 17.1 Å². The summed E-state index contributed by atoms with van der Waals surface area (Å²) in [6.07, 6.45) is 1.81. The van der Waals surface area contributed by atoms with Crippen molar-refractivity contribution >= 4 is 28.2 Å². The van der Waals surface area contributed by atoms with Crippen molar-refractivity contribution in [3.8, 4) is 5.75 Å². The molecule has 2 aromatic heterocycles. The molecule has 1 aliphatic rings. The quantitative estimate of drug-likeness (QED) is 0.737. The zero-order valence-electron chi connectivity index (χ0n) is 14.6. The van der Waals surface area contributed by atoms with Gasteiger partial charge in [0.25, 0.3) is 5.91 Å². The molecule has 0 spiro atoms. The molecule has 0 atom stereocenters. The molecule has 0 radical (unpaired) electrons. The average molecular weight is 371 g/mol. The largest absolute Gasteiger partial charge is 0.493 e. The highest BCUT2D eigenvalue weighted by atomic mass is 32.1. The first kappa shape index (κ1) is 17.1. The van der Waals surface area contributed by atoms with Gasteiger partial charge in [-0.05, 0) is 36.4 Å². The summed E-state index contributed by atoms with van der Waals surface area (Å²) in [6, 6.07) is 11.6. The lowest BCUT2D eigenvalue weighted by Gasteiger charge is -2.36. The minimum atomic E-state index is -0.203. The van der Waals surface area contributed by atoms with Crippen LogP contribution in [0.4, 0.5) is 0 Å². The summed E-state index contributed by atoms with van der Waals surface area (Å²) in [6.45, 7) is 2.01. The first-order valence-electron chi connectivity index (χ1n) is 8.68. The molecule has 1 amide bonds. The molecule has 136 valence electrons. The Kier molecular flexibility index (Phi) is 4.70. The monoisotopic (exact) mass is 371 g/mol. The first-order valence-corrected chi connectivity index (χ1v) is 9.56. The van der Waals surface area contributed by atoms with Gasteiger partial charge in [0.2, 0.25) is 0 Å². The van der Waals surface area contributed by atoms with Gasteiger partial charge >= 0.3 is 0 Å². The third-order valence-electron chi connectivity index (χ3n) is 5.03. The molecule has 0 saturated carbocycles. The summed E-state index contributed by atoms with van der Waals surface area (Å²) < 4.78 is 16.6. The average Bonchev–Trinajstić information content (AvgIpc) is 3.36. The van der Waals surface area contributed by atoms with Crippen molar-refractivity contribution in [1.82, 2.24) is 5.32 Å². The molecule has 3 heterocycles. The summed E-state index contributed by atoms with van der Waals surface area (Å²) in [4.78, 5) is 14.0. The Bertz CT molecular complexity index is 894. The number of amides is 1. The predicted molar refractivity (Wildman–Crippen MR) is 101 cm³/mol. The summed E-state index contributed by atoms with van der Waals surface area (Å²) in [5.74, 6) is 0.726. The minimum absolute atomic E-state index is 0.0637. The lowest BCUT2D eigenvalue weighted by molar-refractivity contribution is 0.0496. The highest BCUT2D eigenvalue weighted by Crippen LogP contribution is 2.37. The van der Waals surface area contributed by atoms with E-state index in [1.54, 1.807) is 24.5 Å². The number of hydrogen-bond acceptors (Lipinski definition) is 5. The van der Waals surface area contributed by atoms with Crippen molar-refractivity contribution in [2.24, 2.45) is 0 Å². The molecule has 1 N–H and O–H groups in total. The fourth-order valence-corrected chi connectivity index (χ4v) is 4.49. The van der Waals surface area contributed by atoms with Crippen LogP contribution in [-0.4, -0.2) is 32.8 Å². The van der Waals surface area contributed by atoms with Gasteiger partial charge in [-0.3, -0.25) is 4.79 Å². The van der Waals surface area contributed by atoms with E-state index in [1.165, 1.54) is 4.88 Å². The number of fused-ring (bicyclic) bond motifs is 1. The number of ether oxygens (including phenoxy) is 2.